The van der Waals surface area contributed by atoms with E-state index in [0.29, 0.717) is 18.4 Å². The maximum absolute atomic E-state index is 12.3. The van der Waals surface area contributed by atoms with E-state index in [-0.39, 0.29) is 24.8 Å². The number of hydrogen-bond donors (Lipinski definition) is 1. The molecule has 1 aromatic rings. The number of nitrogens with zero attached hydrogens (tertiary/aromatic N) is 1. The summed E-state index contributed by atoms with van der Waals surface area (Å²) in [5.41, 5.74) is 0.497. The average molecular weight is 374 g/mol. The van der Waals surface area contributed by atoms with Crippen molar-refractivity contribution in [1.29, 1.82) is 0 Å². The SMILES string of the molecule is CC(C)(C)OC(=O)N1CCC2CC(NC(=O)OCc3ccccc3)CC2C1. The average Bonchev–Trinajstić information content (AvgIpc) is 3.00. The van der Waals surface area contributed by atoms with Crippen LogP contribution in [0.3, 0.4) is 0 Å². The van der Waals surface area contributed by atoms with Gasteiger partial charge in [0.2, 0.25) is 0 Å². The molecule has 3 unspecified atom stereocenters. The molecule has 1 saturated carbocycles. The van der Waals surface area contributed by atoms with Crippen molar-refractivity contribution in [3.05, 3.63) is 35.9 Å². The van der Waals surface area contributed by atoms with Crippen LogP contribution in [0.5, 0.6) is 0 Å². The number of rotatable bonds is 3. The Bertz CT molecular complexity index is 656. The van der Waals surface area contributed by atoms with Crippen LogP contribution >= 0.6 is 0 Å². The van der Waals surface area contributed by atoms with E-state index in [1.807, 2.05) is 56.0 Å². The van der Waals surface area contributed by atoms with Crippen LogP contribution in [0.4, 0.5) is 9.59 Å². The Morgan fingerprint density at radius 1 is 1.15 bits per heavy atom. The molecule has 148 valence electrons. The first-order chi connectivity index (χ1) is 12.8. The third-order valence-corrected chi connectivity index (χ3v) is 5.25. The van der Waals surface area contributed by atoms with Crippen molar-refractivity contribution in [1.82, 2.24) is 10.2 Å². The van der Waals surface area contributed by atoms with E-state index >= 15 is 0 Å². The number of piperidine rings is 1. The number of ether oxygens (including phenoxy) is 2. The van der Waals surface area contributed by atoms with Crippen molar-refractivity contribution < 1.29 is 19.1 Å². The molecule has 6 heteroatoms. The first kappa shape index (κ1) is 19.5. The van der Waals surface area contributed by atoms with Crippen molar-refractivity contribution in [3.63, 3.8) is 0 Å². The maximum Gasteiger partial charge on any atom is 0.410 e. The lowest BCUT2D eigenvalue weighted by Gasteiger charge is -2.35. The number of benzene rings is 1. The summed E-state index contributed by atoms with van der Waals surface area (Å²) in [4.78, 5) is 26.2. The minimum atomic E-state index is -0.476. The fourth-order valence-electron chi connectivity index (χ4n) is 4.03. The molecule has 1 aliphatic carbocycles. The number of nitrogens with one attached hydrogen (secondary N) is 1. The molecule has 0 radical (unpaired) electrons. The molecule has 3 atom stereocenters. The first-order valence-electron chi connectivity index (χ1n) is 9.75. The van der Waals surface area contributed by atoms with Gasteiger partial charge in [0.05, 0.1) is 0 Å². The summed E-state index contributed by atoms with van der Waals surface area (Å²) in [5, 5.41) is 2.99. The second-order valence-electron chi connectivity index (χ2n) is 8.61. The van der Waals surface area contributed by atoms with Crippen molar-refractivity contribution in [2.24, 2.45) is 11.8 Å². The molecule has 27 heavy (non-hydrogen) atoms. The lowest BCUT2D eigenvalue weighted by molar-refractivity contribution is 0.0127. The number of carbonyl (C=O) groups is 2. The highest BCUT2D eigenvalue weighted by atomic mass is 16.6. The normalized spacial score (nSPS) is 24.9. The fraction of sp³-hybridized carbons (Fsp3) is 0.619. The molecule has 6 nitrogen and oxygen atoms in total. The zero-order valence-corrected chi connectivity index (χ0v) is 16.4. The molecule has 0 spiro atoms. The zero-order chi connectivity index (χ0) is 19.4. The molecule has 2 aliphatic rings. The van der Waals surface area contributed by atoms with Gasteiger partial charge in [0.25, 0.3) is 0 Å². The lowest BCUT2D eigenvalue weighted by atomic mass is 9.89. The Balaban J connectivity index is 1.44. The van der Waals surface area contributed by atoms with Crippen LogP contribution in [0.1, 0.15) is 45.6 Å². The van der Waals surface area contributed by atoms with E-state index in [4.69, 9.17) is 9.47 Å². The summed E-state index contributed by atoms with van der Waals surface area (Å²) in [7, 11) is 0. The first-order valence-corrected chi connectivity index (χ1v) is 9.75. The van der Waals surface area contributed by atoms with Crippen LogP contribution in [0.25, 0.3) is 0 Å². The van der Waals surface area contributed by atoms with Crippen LogP contribution < -0.4 is 5.32 Å². The van der Waals surface area contributed by atoms with Crippen molar-refractivity contribution >= 4 is 12.2 Å². The van der Waals surface area contributed by atoms with Crippen LogP contribution in [0, 0.1) is 11.8 Å². The van der Waals surface area contributed by atoms with Gasteiger partial charge in [-0.1, -0.05) is 30.3 Å². The maximum atomic E-state index is 12.3. The molecule has 1 saturated heterocycles. The van der Waals surface area contributed by atoms with E-state index in [9.17, 15) is 9.59 Å². The van der Waals surface area contributed by atoms with Crippen molar-refractivity contribution in [3.8, 4) is 0 Å². The predicted molar refractivity (Wildman–Crippen MR) is 102 cm³/mol. The standard InChI is InChI=1S/C21H30N2O4/c1-21(2,3)27-20(25)23-10-9-16-11-18(12-17(16)13-23)22-19(24)26-14-15-7-5-4-6-8-15/h4-8,16-18H,9-14H2,1-3H3,(H,22,24). The molecule has 1 aliphatic heterocycles. The molecular formula is C21H30N2O4. The van der Waals surface area contributed by atoms with Gasteiger partial charge in [0, 0.05) is 19.1 Å². The van der Waals surface area contributed by atoms with Gasteiger partial charge in [-0.2, -0.15) is 0 Å². The molecule has 0 aromatic heterocycles. The van der Waals surface area contributed by atoms with Crippen LogP contribution in [0.15, 0.2) is 30.3 Å². The van der Waals surface area contributed by atoms with Gasteiger partial charge in [0.1, 0.15) is 12.2 Å². The lowest BCUT2D eigenvalue weighted by Crippen LogP contribution is -2.44. The quantitative estimate of drug-likeness (QED) is 0.870. The topological polar surface area (TPSA) is 67.9 Å². The van der Waals surface area contributed by atoms with E-state index in [0.717, 1.165) is 31.4 Å². The molecule has 3 rings (SSSR count). The summed E-state index contributed by atoms with van der Waals surface area (Å²) in [6.07, 6.45) is 2.19. The Morgan fingerprint density at radius 3 is 2.56 bits per heavy atom. The predicted octanol–water partition coefficient (Wildman–Crippen LogP) is 3.95. The Labute approximate surface area is 161 Å². The number of fused-ring (bicyclic) bond motifs is 1. The number of hydrogen-bond acceptors (Lipinski definition) is 4. The molecule has 2 amide bonds. The summed E-state index contributed by atoms with van der Waals surface area (Å²) in [6, 6.07) is 9.76. The number of amides is 2. The zero-order valence-electron chi connectivity index (χ0n) is 16.4. The van der Waals surface area contributed by atoms with Gasteiger partial charge < -0.3 is 19.7 Å². The minimum absolute atomic E-state index is 0.113. The van der Waals surface area contributed by atoms with Crippen molar-refractivity contribution in [2.45, 2.75) is 58.3 Å². The molecular weight excluding hydrogens is 344 g/mol. The molecule has 0 bridgehead atoms. The summed E-state index contributed by atoms with van der Waals surface area (Å²) >= 11 is 0. The van der Waals surface area contributed by atoms with Gasteiger partial charge in [0.15, 0.2) is 0 Å². The van der Waals surface area contributed by atoms with Crippen molar-refractivity contribution in [2.75, 3.05) is 13.1 Å². The van der Waals surface area contributed by atoms with Gasteiger partial charge >= 0.3 is 12.2 Å². The Morgan fingerprint density at radius 2 is 1.85 bits per heavy atom. The number of alkyl carbamates (subject to hydrolysis) is 1. The van der Waals surface area contributed by atoms with E-state index in [2.05, 4.69) is 5.32 Å². The largest absolute Gasteiger partial charge is 0.445 e. The third kappa shape index (κ3) is 5.62. The molecule has 2 fully saturated rings. The highest BCUT2D eigenvalue weighted by Crippen LogP contribution is 2.38. The monoisotopic (exact) mass is 374 g/mol. The van der Waals surface area contributed by atoms with Crippen LogP contribution in [0.2, 0.25) is 0 Å². The Kier molecular flexibility index (Phi) is 5.92. The van der Waals surface area contributed by atoms with E-state index in [1.165, 1.54) is 0 Å². The molecule has 1 N–H and O–H groups in total. The smallest absolute Gasteiger partial charge is 0.410 e. The van der Waals surface area contributed by atoms with Gasteiger partial charge in [-0.3, -0.25) is 0 Å². The highest BCUT2D eigenvalue weighted by molar-refractivity contribution is 5.68. The summed E-state index contributed by atoms with van der Waals surface area (Å²) in [6.45, 7) is 7.35. The van der Waals surface area contributed by atoms with Crippen LogP contribution in [-0.2, 0) is 16.1 Å². The summed E-state index contributed by atoms with van der Waals surface area (Å²) in [5.74, 6) is 0.953. The molecule has 1 heterocycles. The van der Waals surface area contributed by atoms with E-state index in [1.54, 1.807) is 0 Å². The van der Waals surface area contributed by atoms with Gasteiger partial charge in [-0.05, 0) is 57.4 Å². The third-order valence-electron chi connectivity index (χ3n) is 5.25. The minimum Gasteiger partial charge on any atom is -0.445 e. The number of likely N-dealkylation sites (tertiary alicyclic amines) is 1. The van der Waals surface area contributed by atoms with E-state index < -0.39 is 5.60 Å². The summed E-state index contributed by atoms with van der Waals surface area (Å²) < 4.78 is 10.8. The van der Waals surface area contributed by atoms with Gasteiger partial charge in [-0.15, -0.1) is 0 Å². The highest BCUT2D eigenvalue weighted by Gasteiger charge is 2.40. The Hall–Kier alpha value is -2.24. The fourth-order valence-corrected chi connectivity index (χ4v) is 4.03. The number of carbonyl (C=O) groups excluding carboxylic acids is 2. The second-order valence-corrected chi connectivity index (χ2v) is 8.61. The van der Waals surface area contributed by atoms with Crippen LogP contribution in [-0.4, -0.2) is 41.8 Å². The molecule has 1 aromatic carbocycles. The van der Waals surface area contributed by atoms with Gasteiger partial charge in [-0.25, -0.2) is 9.59 Å². The second kappa shape index (κ2) is 8.19.